The number of quaternary nitrogens is 1. The molecule has 7 N–H and O–H groups in total. The molecule has 0 radical (unpaired) electrons. The number of hydrogen-bond donors (Lipinski definition) is 3. The van der Waals surface area contributed by atoms with E-state index in [1.165, 1.54) is 0 Å². The molecule has 13 heteroatoms. The maximum atomic E-state index is 10.1. The molecule has 0 aliphatic rings. The highest BCUT2D eigenvalue weighted by atomic mass is 16.7. The lowest BCUT2D eigenvalue weighted by Gasteiger charge is -2.00. The molecule has 13 nitrogen and oxygen atoms in total. The summed E-state index contributed by atoms with van der Waals surface area (Å²) in [6, 6.07) is 0. The Kier molecular flexibility index (Phi) is 3.36. The molecule has 16 heavy (non-hydrogen) atoms. The molecule has 0 spiro atoms. The van der Waals surface area contributed by atoms with Crippen molar-refractivity contribution in [3.63, 3.8) is 0 Å². The van der Waals surface area contributed by atoms with Gasteiger partial charge in [-0.05, 0) is 0 Å². The highest BCUT2D eigenvalue weighted by Crippen LogP contribution is 2.12. The zero-order chi connectivity index (χ0) is 12.1. The molecule has 0 saturated heterocycles. The van der Waals surface area contributed by atoms with Gasteiger partial charge in [-0.1, -0.05) is 5.43 Å². The van der Waals surface area contributed by atoms with Gasteiger partial charge in [0, 0.05) is 0 Å². The van der Waals surface area contributed by atoms with Crippen molar-refractivity contribution in [3.05, 3.63) is 15.5 Å². The number of nitrogen functional groups attached to an aromatic ring is 1. The second-order valence-corrected chi connectivity index (χ2v) is 2.11. The van der Waals surface area contributed by atoms with Crippen LogP contribution >= 0.6 is 0 Å². The van der Waals surface area contributed by atoms with Gasteiger partial charge in [0.15, 0.2) is 0 Å². The second kappa shape index (κ2) is 4.71. The monoisotopic (exact) mass is 229 g/mol. The maximum absolute atomic E-state index is 10.1. The van der Waals surface area contributed by atoms with E-state index >= 15 is 0 Å². The molecule has 0 amide bonds. The van der Waals surface area contributed by atoms with Crippen LogP contribution in [0.4, 0.5) is 11.9 Å². The number of nitrogens with two attached hydrogens (primary N) is 2. The van der Waals surface area contributed by atoms with Gasteiger partial charge in [-0.2, -0.15) is 16.0 Å². The van der Waals surface area contributed by atoms with Crippen LogP contribution in [0, 0.1) is 10.1 Å². The lowest BCUT2D eigenvalue weighted by atomic mass is 11.0. The van der Waals surface area contributed by atoms with E-state index in [4.69, 9.17) is 5.73 Å². The SMILES string of the molecule is N[NH3+].Nc1nnc2nnc([N-][N+](=O)[O-])n2n1. The molecule has 0 atom stereocenters. The number of anilines is 1. The van der Waals surface area contributed by atoms with E-state index in [0.29, 0.717) is 0 Å². The maximum Gasteiger partial charge on any atom is 0.245 e. The van der Waals surface area contributed by atoms with Gasteiger partial charge in [-0.15, -0.1) is 10.2 Å². The Morgan fingerprint density at radius 3 is 2.56 bits per heavy atom. The van der Waals surface area contributed by atoms with Crippen LogP contribution in [0.1, 0.15) is 0 Å². The summed E-state index contributed by atoms with van der Waals surface area (Å²) in [4.78, 5) is 10.1. The Labute approximate surface area is 86.7 Å². The van der Waals surface area contributed by atoms with Crippen molar-refractivity contribution in [2.45, 2.75) is 0 Å². The Bertz CT molecular complexity index is 491. The van der Waals surface area contributed by atoms with Gasteiger partial charge >= 0.3 is 0 Å². The summed E-state index contributed by atoms with van der Waals surface area (Å²) in [5, 5.41) is 26.4. The molecule has 0 fully saturated rings. The molecule has 0 aromatic carbocycles. The fourth-order valence-corrected chi connectivity index (χ4v) is 0.769. The van der Waals surface area contributed by atoms with E-state index in [1.54, 1.807) is 0 Å². The first-order valence-electron chi connectivity index (χ1n) is 3.65. The molecule has 0 unspecified atom stereocenters. The largest absolute Gasteiger partial charge is 0.366 e. The third kappa shape index (κ3) is 2.22. The van der Waals surface area contributed by atoms with Crippen molar-refractivity contribution < 1.29 is 10.9 Å². The summed E-state index contributed by atoms with van der Waals surface area (Å²) in [6.45, 7) is 0. The van der Waals surface area contributed by atoms with Crippen molar-refractivity contribution in [1.82, 2.24) is 30.0 Å². The Hall–Kier alpha value is -2.67. The van der Waals surface area contributed by atoms with Crippen LogP contribution in [0.2, 0.25) is 0 Å². The molecule has 2 aromatic heterocycles. The predicted octanol–water partition coefficient (Wildman–Crippen LogP) is -3.20. The van der Waals surface area contributed by atoms with Crippen LogP contribution in [-0.2, 0) is 0 Å². The van der Waals surface area contributed by atoms with Crippen molar-refractivity contribution in [2.75, 3.05) is 5.73 Å². The quantitative estimate of drug-likeness (QED) is 0.268. The number of hydrogen-bond acceptors (Lipinski definition) is 9. The fourth-order valence-electron chi connectivity index (χ4n) is 0.769. The third-order valence-corrected chi connectivity index (χ3v) is 1.22. The van der Waals surface area contributed by atoms with Crippen molar-refractivity contribution in [3.8, 4) is 0 Å². The topological polar surface area (TPSA) is 206 Å². The number of nitro groups is 1. The van der Waals surface area contributed by atoms with Crippen LogP contribution < -0.4 is 17.4 Å². The minimum Gasteiger partial charge on any atom is -0.366 e. The molecule has 0 saturated carbocycles. The standard InChI is InChI=1S/C3H2N9O2.H4N2/c4-1-5-6-2-7-8-3(10-12(13)14)11(2)9-1;1-2/h(H2-,4,8,9,10);1-2H2/q-1;/p+1. The van der Waals surface area contributed by atoms with Crippen molar-refractivity contribution in [2.24, 2.45) is 5.84 Å². The van der Waals surface area contributed by atoms with Crippen molar-refractivity contribution in [1.29, 1.82) is 0 Å². The molecular formula is C3H7N11O2. The highest BCUT2D eigenvalue weighted by molar-refractivity contribution is 5.37. The first kappa shape index (κ1) is 11.4. The zero-order valence-corrected chi connectivity index (χ0v) is 7.76. The van der Waals surface area contributed by atoms with Crippen LogP contribution in [0.25, 0.3) is 11.2 Å². The van der Waals surface area contributed by atoms with Gasteiger partial charge in [0.2, 0.25) is 11.7 Å². The minimum atomic E-state index is -0.922. The van der Waals surface area contributed by atoms with Gasteiger partial charge in [0.25, 0.3) is 0 Å². The van der Waals surface area contributed by atoms with Crippen LogP contribution in [0.15, 0.2) is 0 Å². The molecular weight excluding hydrogens is 222 g/mol. The van der Waals surface area contributed by atoms with E-state index in [2.05, 4.69) is 42.6 Å². The highest BCUT2D eigenvalue weighted by Gasteiger charge is 2.03. The lowest BCUT2D eigenvalue weighted by molar-refractivity contribution is -0.419. The molecule has 0 bridgehead atoms. The summed E-state index contributed by atoms with van der Waals surface area (Å²) in [7, 11) is 0. The molecule has 2 heterocycles. The number of nitrogens with zero attached hydrogens (tertiary/aromatic N) is 8. The van der Waals surface area contributed by atoms with E-state index in [1.807, 2.05) is 0 Å². The van der Waals surface area contributed by atoms with Crippen molar-refractivity contribution >= 4 is 17.7 Å². The van der Waals surface area contributed by atoms with Crippen LogP contribution in [-0.4, -0.2) is 35.0 Å². The average Bonchev–Trinajstić information content (AvgIpc) is 2.63. The minimum absolute atomic E-state index is 0.0141. The second-order valence-electron chi connectivity index (χ2n) is 2.11. The predicted molar refractivity (Wildman–Crippen MR) is 47.9 cm³/mol. The van der Waals surface area contributed by atoms with Gasteiger partial charge in [-0.3, -0.25) is 15.5 Å². The fraction of sp³-hybridized carbons (Fsp3) is 0. The van der Waals surface area contributed by atoms with Crippen LogP contribution in [0.5, 0.6) is 0 Å². The summed E-state index contributed by atoms with van der Waals surface area (Å²) >= 11 is 0. The number of aromatic nitrogens is 6. The third-order valence-electron chi connectivity index (χ3n) is 1.22. The summed E-state index contributed by atoms with van der Waals surface area (Å²) < 4.78 is 0.922. The number of fused-ring (bicyclic) bond motifs is 1. The van der Waals surface area contributed by atoms with Gasteiger partial charge in [0.1, 0.15) is 11.0 Å². The molecule has 2 aromatic rings. The number of rotatable bonds is 2. The van der Waals surface area contributed by atoms with Gasteiger partial charge in [-0.25, -0.2) is 10.1 Å². The Balaban J connectivity index is 0.000000606. The summed E-state index contributed by atoms with van der Waals surface area (Å²) in [5.41, 5.74) is 8.12. The average molecular weight is 229 g/mol. The summed E-state index contributed by atoms with van der Waals surface area (Å²) in [6.07, 6.45) is 0. The molecule has 86 valence electrons. The Morgan fingerprint density at radius 2 is 1.94 bits per heavy atom. The van der Waals surface area contributed by atoms with E-state index in [9.17, 15) is 10.1 Å². The smallest absolute Gasteiger partial charge is 0.245 e. The van der Waals surface area contributed by atoms with E-state index in [0.717, 1.165) is 4.52 Å². The van der Waals surface area contributed by atoms with E-state index in [-0.39, 0.29) is 17.7 Å². The molecule has 0 aliphatic heterocycles. The molecule has 0 aliphatic carbocycles. The van der Waals surface area contributed by atoms with Gasteiger partial charge < -0.3 is 5.73 Å². The van der Waals surface area contributed by atoms with E-state index < -0.39 is 5.03 Å². The lowest BCUT2D eigenvalue weighted by Crippen LogP contribution is -2.59. The normalized spacial score (nSPS) is 9.38. The Morgan fingerprint density at radius 1 is 1.31 bits per heavy atom. The molecule has 2 rings (SSSR count). The van der Waals surface area contributed by atoms with Gasteiger partial charge in [0.05, 0.1) is 0 Å². The van der Waals surface area contributed by atoms with Crippen LogP contribution in [0.3, 0.4) is 0 Å². The zero-order valence-electron chi connectivity index (χ0n) is 7.76. The first-order chi connectivity index (χ1) is 7.66. The first-order valence-corrected chi connectivity index (χ1v) is 3.65. The summed E-state index contributed by atoms with van der Waals surface area (Å²) in [5.74, 6) is 6.52.